The molecule has 2 aromatic rings. The normalized spacial score (nSPS) is 10.9. The first-order valence-electron chi connectivity index (χ1n) is 6.52. The van der Waals surface area contributed by atoms with Crippen LogP contribution in [0, 0.1) is 11.3 Å². The lowest BCUT2D eigenvalue weighted by Gasteiger charge is -2.26. The maximum atomic E-state index is 9.12. The van der Waals surface area contributed by atoms with Crippen molar-refractivity contribution >= 4 is 17.3 Å². The number of nitrogens with one attached hydrogen (secondary N) is 1. The van der Waals surface area contributed by atoms with Crippen LogP contribution in [-0.2, 0) is 5.41 Å². The van der Waals surface area contributed by atoms with Gasteiger partial charge in [0, 0.05) is 17.0 Å². The van der Waals surface area contributed by atoms with E-state index >= 15 is 0 Å². The van der Waals surface area contributed by atoms with E-state index in [2.05, 4.69) is 37.4 Å². The van der Waals surface area contributed by atoms with Crippen LogP contribution in [0.15, 0.2) is 48.5 Å². The van der Waals surface area contributed by atoms with Crippen molar-refractivity contribution in [1.29, 1.82) is 5.26 Å². The largest absolute Gasteiger partial charge is 0.383 e. The summed E-state index contributed by atoms with van der Waals surface area (Å²) in [5, 5.41) is 13.1. The van der Waals surface area contributed by atoms with Crippen LogP contribution in [-0.4, -0.2) is 6.54 Å². The van der Waals surface area contributed by atoms with E-state index in [-0.39, 0.29) is 5.41 Å². The molecular formula is C17H17ClN2. The number of hydrogen-bond donors (Lipinski definition) is 1. The third-order valence-corrected chi connectivity index (χ3v) is 3.61. The summed E-state index contributed by atoms with van der Waals surface area (Å²) in [6, 6.07) is 17.8. The monoisotopic (exact) mass is 284 g/mol. The lowest BCUT2D eigenvalue weighted by Crippen LogP contribution is -2.27. The van der Waals surface area contributed by atoms with Crippen LogP contribution < -0.4 is 5.32 Å². The van der Waals surface area contributed by atoms with E-state index in [1.54, 1.807) is 18.2 Å². The molecule has 0 radical (unpaired) electrons. The topological polar surface area (TPSA) is 35.8 Å². The summed E-state index contributed by atoms with van der Waals surface area (Å²) in [7, 11) is 0. The fraction of sp³-hybridized carbons (Fsp3) is 0.235. The van der Waals surface area contributed by atoms with Gasteiger partial charge in [-0.25, -0.2) is 0 Å². The summed E-state index contributed by atoms with van der Waals surface area (Å²) in [4.78, 5) is 0. The van der Waals surface area contributed by atoms with Crippen LogP contribution in [0.5, 0.6) is 0 Å². The molecule has 3 heteroatoms. The number of nitrogens with zero attached hydrogens (tertiary/aromatic N) is 1. The summed E-state index contributed by atoms with van der Waals surface area (Å²) in [5.41, 5.74) is 2.62. The van der Waals surface area contributed by atoms with Crippen molar-refractivity contribution in [3.63, 3.8) is 0 Å². The van der Waals surface area contributed by atoms with Gasteiger partial charge in [0.25, 0.3) is 0 Å². The highest BCUT2D eigenvalue weighted by Crippen LogP contribution is 2.26. The van der Waals surface area contributed by atoms with Gasteiger partial charge in [0.1, 0.15) is 6.07 Å². The predicted octanol–water partition coefficient (Wildman–Crippen LogP) is 4.60. The fourth-order valence-electron chi connectivity index (χ4n) is 2.07. The van der Waals surface area contributed by atoms with Crippen LogP contribution in [0.25, 0.3) is 0 Å². The van der Waals surface area contributed by atoms with E-state index in [0.717, 1.165) is 12.2 Å². The first-order chi connectivity index (χ1) is 9.53. The Balaban J connectivity index is 2.17. The second-order valence-electron chi connectivity index (χ2n) is 5.41. The van der Waals surface area contributed by atoms with Gasteiger partial charge in [0.05, 0.1) is 11.3 Å². The Hall–Kier alpha value is -1.98. The molecule has 0 aliphatic heterocycles. The summed E-state index contributed by atoms with van der Waals surface area (Å²) < 4.78 is 0. The standard InChI is InChI=1S/C17H17ClN2/c1-17(2,14-6-4-3-5-7-14)12-20-16-10-15(18)9-8-13(16)11-19/h3-10,20H,12H2,1-2H3. The molecule has 102 valence electrons. The van der Waals surface area contributed by atoms with Gasteiger partial charge in [-0.05, 0) is 23.8 Å². The second-order valence-corrected chi connectivity index (χ2v) is 5.84. The fourth-order valence-corrected chi connectivity index (χ4v) is 2.24. The van der Waals surface area contributed by atoms with E-state index in [1.807, 2.05) is 18.2 Å². The van der Waals surface area contributed by atoms with Gasteiger partial charge in [-0.2, -0.15) is 5.26 Å². The van der Waals surface area contributed by atoms with E-state index in [0.29, 0.717) is 10.6 Å². The maximum absolute atomic E-state index is 9.12. The first kappa shape index (κ1) is 14.4. The molecule has 2 aromatic carbocycles. The minimum absolute atomic E-state index is 0.0314. The molecule has 0 unspecified atom stereocenters. The third kappa shape index (κ3) is 3.31. The second kappa shape index (κ2) is 5.98. The minimum Gasteiger partial charge on any atom is -0.383 e. The molecule has 0 aromatic heterocycles. The smallest absolute Gasteiger partial charge is 0.101 e. The van der Waals surface area contributed by atoms with Crippen molar-refractivity contribution < 1.29 is 0 Å². The van der Waals surface area contributed by atoms with Gasteiger partial charge in [-0.3, -0.25) is 0 Å². The summed E-state index contributed by atoms with van der Waals surface area (Å²) >= 11 is 5.99. The molecule has 0 aliphatic rings. The molecular weight excluding hydrogens is 268 g/mol. The molecule has 0 saturated heterocycles. The lowest BCUT2D eigenvalue weighted by molar-refractivity contribution is 0.557. The zero-order chi connectivity index (χ0) is 14.6. The maximum Gasteiger partial charge on any atom is 0.101 e. The number of benzene rings is 2. The van der Waals surface area contributed by atoms with Crippen LogP contribution in [0.4, 0.5) is 5.69 Å². The lowest BCUT2D eigenvalue weighted by atomic mass is 9.84. The molecule has 2 rings (SSSR count). The van der Waals surface area contributed by atoms with Gasteiger partial charge < -0.3 is 5.32 Å². The van der Waals surface area contributed by atoms with Crippen molar-refractivity contribution in [2.75, 3.05) is 11.9 Å². The summed E-state index contributed by atoms with van der Waals surface area (Å²) in [6.07, 6.45) is 0. The minimum atomic E-state index is -0.0314. The quantitative estimate of drug-likeness (QED) is 0.890. The van der Waals surface area contributed by atoms with Crippen molar-refractivity contribution in [1.82, 2.24) is 0 Å². The van der Waals surface area contributed by atoms with Gasteiger partial charge in [-0.1, -0.05) is 55.8 Å². The van der Waals surface area contributed by atoms with Gasteiger partial charge in [0.2, 0.25) is 0 Å². The van der Waals surface area contributed by atoms with E-state index in [9.17, 15) is 0 Å². The number of nitriles is 1. The summed E-state index contributed by atoms with van der Waals surface area (Å²) in [6.45, 7) is 5.07. The number of anilines is 1. The number of hydrogen-bond acceptors (Lipinski definition) is 2. The molecule has 0 spiro atoms. The Kier molecular flexibility index (Phi) is 4.32. The molecule has 0 heterocycles. The van der Waals surface area contributed by atoms with Crippen molar-refractivity contribution in [2.45, 2.75) is 19.3 Å². The zero-order valence-corrected chi connectivity index (χ0v) is 12.4. The van der Waals surface area contributed by atoms with E-state index in [1.165, 1.54) is 5.56 Å². The predicted molar refractivity (Wildman–Crippen MR) is 84.1 cm³/mol. The van der Waals surface area contributed by atoms with E-state index < -0.39 is 0 Å². The molecule has 0 amide bonds. The van der Waals surface area contributed by atoms with Crippen molar-refractivity contribution in [3.8, 4) is 6.07 Å². The van der Waals surface area contributed by atoms with Crippen molar-refractivity contribution in [2.24, 2.45) is 0 Å². The molecule has 0 bridgehead atoms. The molecule has 0 fully saturated rings. The van der Waals surface area contributed by atoms with Crippen LogP contribution in [0.3, 0.4) is 0 Å². The zero-order valence-electron chi connectivity index (χ0n) is 11.7. The Morgan fingerprint density at radius 3 is 2.50 bits per heavy atom. The Labute approximate surface area is 125 Å². The van der Waals surface area contributed by atoms with Crippen LogP contribution in [0.1, 0.15) is 25.0 Å². The van der Waals surface area contributed by atoms with Crippen molar-refractivity contribution in [3.05, 3.63) is 64.7 Å². The number of rotatable bonds is 4. The highest BCUT2D eigenvalue weighted by atomic mass is 35.5. The average molecular weight is 285 g/mol. The molecule has 1 N–H and O–H groups in total. The molecule has 2 nitrogen and oxygen atoms in total. The van der Waals surface area contributed by atoms with Crippen LogP contribution >= 0.6 is 11.6 Å². The highest BCUT2D eigenvalue weighted by molar-refractivity contribution is 6.30. The Morgan fingerprint density at radius 2 is 1.85 bits per heavy atom. The first-order valence-corrected chi connectivity index (χ1v) is 6.90. The van der Waals surface area contributed by atoms with Gasteiger partial charge in [0.15, 0.2) is 0 Å². The third-order valence-electron chi connectivity index (χ3n) is 3.38. The Bertz CT molecular complexity index is 627. The molecule has 0 saturated carbocycles. The van der Waals surface area contributed by atoms with Gasteiger partial charge in [-0.15, -0.1) is 0 Å². The van der Waals surface area contributed by atoms with Crippen LogP contribution in [0.2, 0.25) is 5.02 Å². The van der Waals surface area contributed by atoms with E-state index in [4.69, 9.17) is 16.9 Å². The van der Waals surface area contributed by atoms with Gasteiger partial charge >= 0.3 is 0 Å². The molecule has 0 aliphatic carbocycles. The average Bonchev–Trinajstić information content (AvgIpc) is 2.46. The molecule has 0 atom stereocenters. The summed E-state index contributed by atoms with van der Waals surface area (Å²) in [5.74, 6) is 0. The molecule has 20 heavy (non-hydrogen) atoms. The highest BCUT2D eigenvalue weighted by Gasteiger charge is 2.20. The SMILES string of the molecule is CC(C)(CNc1cc(Cl)ccc1C#N)c1ccccc1. The number of halogens is 1. The Morgan fingerprint density at radius 1 is 1.15 bits per heavy atom.